The summed E-state index contributed by atoms with van der Waals surface area (Å²) in [4.78, 5) is 25.7. The van der Waals surface area contributed by atoms with Crippen molar-refractivity contribution < 1.29 is 14.3 Å². The number of nitrogens with zero attached hydrogens (tertiary/aromatic N) is 1. The molecule has 1 amide bonds. The highest BCUT2D eigenvalue weighted by molar-refractivity contribution is 5.92. The molecule has 0 fully saturated rings. The molecular formula is C9H11N3O3. The average Bonchev–Trinajstić information content (AvgIpc) is 2.18. The minimum atomic E-state index is -0.710. The summed E-state index contributed by atoms with van der Waals surface area (Å²) < 4.78 is 4.62. The molecule has 15 heavy (non-hydrogen) atoms. The monoisotopic (exact) mass is 209 g/mol. The van der Waals surface area contributed by atoms with Crippen LogP contribution in [0.3, 0.4) is 0 Å². The van der Waals surface area contributed by atoms with Gasteiger partial charge in [-0.05, 0) is 13.0 Å². The Labute approximate surface area is 86.2 Å². The molecule has 0 saturated carbocycles. The number of nitrogens with two attached hydrogens (primary N) is 2. The first kappa shape index (κ1) is 11.0. The summed E-state index contributed by atoms with van der Waals surface area (Å²) in [7, 11) is 0. The summed E-state index contributed by atoms with van der Waals surface area (Å²) in [6.45, 7) is 1.19. The van der Waals surface area contributed by atoms with Crippen LogP contribution in [-0.4, -0.2) is 23.5 Å². The lowest BCUT2D eigenvalue weighted by Crippen LogP contribution is -2.21. The Morgan fingerprint density at radius 2 is 2.20 bits per heavy atom. The smallest absolute Gasteiger partial charge is 0.340 e. The zero-order chi connectivity index (χ0) is 11.4. The maximum atomic E-state index is 11.4. The van der Waals surface area contributed by atoms with Gasteiger partial charge in [0.15, 0.2) is 6.61 Å². The average molecular weight is 209 g/mol. The van der Waals surface area contributed by atoms with Gasteiger partial charge < -0.3 is 16.2 Å². The van der Waals surface area contributed by atoms with Crippen molar-refractivity contribution in [2.45, 2.75) is 6.92 Å². The lowest BCUT2D eigenvalue weighted by Gasteiger charge is -2.05. The number of amides is 1. The summed E-state index contributed by atoms with van der Waals surface area (Å²) in [6.07, 6.45) is 1.43. The van der Waals surface area contributed by atoms with E-state index in [4.69, 9.17) is 11.5 Å². The van der Waals surface area contributed by atoms with Crippen LogP contribution in [0.2, 0.25) is 0 Å². The Morgan fingerprint density at radius 3 is 2.80 bits per heavy atom. The Balaban J connectivity index is 2.81. The number of pyridine rings is 1. The van der Waals surface area contributed by atoms with Crippen molar-refractivity contribution in [1.82, 2.24) is 4.98 Å². The van der Waals surface area contributed by atoms with Crippen molar-refractivity contribution in [3.05, 3.63) is 23.5 Å². The van der Waals surface area contributed by atoms with E-state index in [0.29, 0.717) is 11.4 Å². The van der Waals surface area contributed by atoms with Crippen LogP contribution < -0.4 is 11.5 Å². The van der Waals surface area contributed by atoms with Crippen LogP contribution in [0.25, 0.3) is 0 Å². The molecule has 1 heterocycles. The summed E-state index contributed by atoms with van der Waals surface area (Å²) in [5.41, 5.74) is 11.4. The van der Waals surface area contributed by atoms with Crippen molar-refractivity contribution in [3.63, 3.8) is 0 Å². The molecule has 0 aromatic carbocycles. The van der Waals surface area contributed by atoms with Gasteiger partial charge in [-0.25, -0.2) is 4.79 Å². The third-order valence-electron chi connectivity index (χ3n) is 1.67. The number of ether oxygens (including phenoxy) is 1. The van der Waals surface area contributed by atoms with Crippen LogP contribution in [0, 0.1) is 6.92 Å². The second kappa shape index (κ2) is 4.41. The number of aryl methyl sites for hydroxylation is 1. The first-order valence-electron chi connectivity index (χ1n) is 4.18. The fraction of sp³-hybridized carbons (Fsp3) is 0.222. The maximum absolute atomic E-state index is 11.4. The lowest BCUT2D eigenvalue weighted by molar-refractivity contribution is -0.121. The largest absolute Gasteiger partial charge is 0.452 e. The van der Waals surface area contributed by atoms with E-state index >= 15 is 0 Å². The molecule has 0 saturated heterocycles. The second-order valence-corrected chi connectivity index (χ2v) is 2.94. The number of carbonyl (C=O) groups excluding carboxylic acids is 2. The van der Waals surface area contributed by atoms with E-state index in [9.17, 15) is 9.59 Å². The van der Waals surface area contributed by atoms with Crippen molar-refractivity contribution >= 4 is 17.6 Å². The molecule has 0 atom stereocenters. The molecular weight excluding hydrogens is 198 g/mol. The number of aromatic nitrogens is 1. The van der Waals surface area contributed by atoms with Gasteiger partial charge in [-0.2, -0.15) is 0 Å². The quantitative estimate of drug-likeness (QED) is 0.659. The van der Waals surface area contributed by atoms with Crippen molar-refractivity contribution in [2.75, 3.05) is 12.3 Å². The van der Waals surface area contributed by atoms with E-state index in [1.165, 1.54) is 12.3 Å². The third kappa shape index (κ3) is 2.94. The van der Waals surface area contributed by atoms with E-state index in [1.54, 1.807) is 6.92 Å². The van der Waals surface area contributed by atoms with Crippen LogP contribution in [-0.2, 0) is 9.53 Å². The van der Waals surface area contributed by atoms with Gasteiger partial charge in [-0.3, -0.25) is 9.78 Å². The van der Waals surface area contributed by atoms with E-state index in [2.05, 4.69) is 9.72 Å². The first-order valence-corrected chi connectivity index (χ1v) is 4.18. The van der Waals surface area contributed by atoms with Crippen LogP contribution >= 0.6 is 0 Å². The minimum Gasteiger partial charge on any atom is -0.452 e. The highest BCUT2D eigenvalue weighted by atomic mass is 16.5. The highest BCUT2D eigenvalue weighted by Crippen LogP contribution is 2.10. The fourth-order valence-electron chi connectivity index (χ4n) is 0.970. The second-order valence-electron chi connectivity index (χ2n) is 2.94. The normalized spacial score (nSPS) is 9.67. The van der Waals surface area contributed by atoms with Gasteiger partial charge in [0.05, 0.1) is 23.1 Å². The maximum Gasteiger partial charge on any atom is 0.340 e. The minimum absolute atomic E-state index is 0.233. The predicted octanol–water partition coefficient (Wildman–Crippen LogP) is -0.386. The Hall–Kier alpha value is -2.11. The number of carbonyl (C=O) groups is 2. The van der Waals surface area contributed by atoms with Gasteiger partial charge in [0.2, 0.25) is 0 Å². The number of anilines is 1. The molecule has 0 spiro atoms. The molecule has 0 unspecified atom stereocenters. The molecule has 0 radical (unpaired) electrons. The highest BCUT2D eigenvalue weighted by Gasteiger charge is 2.12. The molecule has 1 aromatic rings. The lowest BCUT2D eigenvalue weighted by atomic mass is 10.2. The fourth-order valence-corrected chi connectivity index (χ4v) is 0.970. The van der Waals surface area contributed by atoms with Crippen LogP contribution in [0.5, 0.6) is 0 Å². The van der Waals surface area contributed by atoms with Gasteiger partial charge in [-0.15, -0.1) is 0 Å². The molecule has 0 aliphatic rings. The molecule has 4 N–H and O–H groups in total. The van der Waals surface area contributed by atoms with Crippen molar-refractivity contribution in [1.29, 1.82) is 0 Å². The summed E-state index contributed by atoms with van der Waals surface area (Å²) in [5, 5.41) is 0. The molecule has 6 nitrogen and oxygen atoms in total. The zero-order valence-corrected chi connectivity index (χ0v) is 8.19. The van der Waals surface area contributed by atoms with Gasteiger partial charge in [-0.1, -0.05) is 0 Å². The summed E-state index contributed by atoms with van der Waals surface area (Å²) in [6, 6.07) is 1.44. The molecule has 0 bridgehead atoms. The summed E-state index contributed by atoms with van der Waals surface area (Å²) in [5.74, 6) is -1.37. The number of primary amides is 1. The first-order chi connectivity index (χ1) is 7.00. The van der Waals surface area contributed by atoms with Gasteiger partial charge >= 0.3 is 5.97 Å². The standard InChI is InChI=1S/C9H11N3O3/c1-5-7(2-6(10)3-12-5)9(14)15-4-8(11)13/h2-3H,4,10H2,1H3,(H2,11,13). The van der Waals surface area contributed by atoms with Crippen molar-refractivity contribution in [2.24, 2.45) is 5.73 Å². The van der Waals surface area contributed by atoms with Crippen LogP contribution in [0.4, 0.5) is 5.69 Å². The number of hydrogen-bond acceptors (Lipinski definition) is 5. The molecule has 0 aliphatic heterocycles. The Bertz CT molecular complexity index is 404. The van der Waals surface area contributed by atoms with E-state index in [0.717, 1.165) is 0 Å². The van der Waals surface area contributed by atoms with Crippen LogP contribution in [0.15, 0.2) is 12.3 Å². The molecule has 6 heteroatoms. The van der Waals surface area contributed by atoms with E-state index in [-0.39, 0.29) is 5.56 Å². The van der Waals surface area contributed by atoms with Crippen molar-refractivity contribution in [3.8, 4) is 0 Å². The van der Waals surface area contributed by atoms with E-state index < -0.39 is 18.5 Å². The molecule has 80 valence electrons. The number of hydrogen-bond donors (Lipinski definition) is 2. The number of esters is 1. The molecule has 0 aliphatic carbocycles. The Kier molecular flexibility index (Phi) is 3.22. The molecule has 1 aromatic heterocycles. The zero-order valence-electron chi connectivity index (χ0n) is 8.19. The van der Waals surface area contributed by atoms with Gasteiger partial charge in [0.1, 0.15) is 0 Å². The predicted molar refractivity (Wildman–Crippen MR) is 52.9 cm³/mol. The summed E-state index contributed by atoms with van der Waals surface area (Å²) >= 11 is 0. The molecule has 1 rings (SSSR count). The van der Waals surface area contributed by atoms with Gasteiger partial charge in [0, 0.05) is 0 Å². The van der Waals surface area contributed by atoms with Gasteiger partial charge in [0.25, 0.3) is 5.91 Å². The topological polar surface area (TPSA) is 108 Å². The number of rotatable bonds is 3. The van der Waals surface area contributed by atoms with Crippen LogP contribution in [0.1, 0.15) is 16.1 Å². The van der Waals surface area contributed by atoms with E-state index in [1.807, 2.05) is 0 Å². The third-order valence-corrected chi connectivity index (χ3v) is 1.67. The Morgan fingerprint density at radius 1 is 1.53 bits per heavy atom. The number of nitrogen functional groups attached to an aromatic ring is 1. The SMILES string of the molecule is Cc1ncc(N)cc1C(=O)OCC(N)=O.